The molecule has 0 aliphatic rings. The normalized spacial score (nSPS) is 11.8. The zero-order chi connectivity index (χ0) is 20.9. The van der Waals surface area contributed by atoms with Crippen LogP contribution in [-0.4, -0.2) is 11.8 Å². The number of carbonyl (C=O) groups excluding carboxylic acids is 2. The van der Waals surface area contributed by atoms with Crippen molar-refractivity contribution >= 4 is 22.8 Å². The topological polar surface area (TPSA) is 71.3 Å². The van der Waals surface area contributed by atoms with Gasteiger partial charge in [-0.05, 0) is 35.4 Å². The van der Waals surface area contributed by atoms with Gasteiger partial charge in [-0.1, -0.05) is 60.7 Å². The summed E-state index contributed by atoms with van der Waals surface area (Å²) in [5.74, 6) is 0.391. The maximum Gasteiger partial charge on any atom is 0.252 e. The highest BCUT2D eigenvalue weighted by molar-refractivity contribution is 5.94. The first-order valence-corrected chi connectivity index (χ1v) is 9.78. The van der Waals surface area contributed by atoms with Gasteiger partial charge in [0.15, 0.2) is 0 Å². The van der Waals surface area contributed by atoms with E-state index in [1.807, 2.05) is 72.8 Å². The van der Waals surface area contributed by atoms with Crippen LogP contribution in [0.25, 0.3) is 11.0 Å². The molecule has 2 N–H and O–H groups in total. The molecule has 4 rings (SSSR count). The SMILES string of the molecule is CC(=O)NCc1ccc(C(=O)NC(c2ccccc2)c2cc3ccccc3o2)cc1. The summed E-state index contributed by atoms with van der Waals surface area (Å²) >= 11 is 0. The number of nitrogens with one attached hydrogen (secondary N) is 2. The first kappa shape index (κ1) is 19.5. The van der Waals surface area contributed by atoms with E-state index in [4.69, 9.17) is 4.42 Å². The molecule has 1 atom stereocenters. The number of furan rings is 1. The molecule has 0 aliphatic heterocycles. The summed E-state index contributed by atoms with van der Waals surface area (Å²) in [7, 11) is 0. The molecule has 1 aromatic heterocycles. The van der Waals surface area contributed by atoms with Gasteiger partial charge in [0.2, 0.25) is 5.91 Å². The largest absolute Gasteiger partial charge is 0.459 e. The molecule has 5 nitrogen and oxygen atoms in total. The van der Waals surface area contributed by atoms with Crippen molar-refractivity contribution in [1.82, 2.24) is 10.6 Å². The maximum atomic E-state index is 13.0. The number of amides is 2. The molecule has 0 radical (unpaired) electrons. The number of benzene rings is 3. The summed E-state index contributed by atoms with van der Waals surface area (Å²) in [4.78, 5) is 24.0. The van der Waals surface area contributed by atoms with Crippen LogP contribution in [0.2, 0.25) is 0 Å². The van der Waals surface area contributed by atoms with Crippen molar-refractivity contribution in [3.63, 3.8) is 0 Å². The molecule has 150 valence electrons. The van der Waals surface area contributed by atoms with Crippen LogP contribution in [-0.2, 0) is 11.3 Å². The number of carbonyl (C=O) groups is 2. The summed E-state index contributed by atoms with van der Waals surface area (Å²) < 4.78 is 6.04. The Morgan fingerprint density at radius 3 is 2.30 bits per heavy atom. The fourth-order valence-electron chi connectivity index (χ4n) is 3.32. The molecule has 0 spiro atoms. The van der Waals surface area contributed by atoms with Crippen LogP contribution in [0.5, 0.6) is 0 Å². The van der Waals surface area contributed by atoms with Crippen LogP contribution in [0.3, 0.4) is 0 Å². The van der Waals surface area contributed by atoms with E-state index in [1.165, 1.54) is 6.92 Å². The summed E-state index contributed by atoms with van der Waals surface area (Å²) in [5, 5.41) is 6.83. The second-order valence-electron chi connectivity index (χ2n) is 7.11. The Morgan fingerprint density at radius 2 is 1.60 bits per heavy atom. The van der Waals surface area contributed by atoms with Crippen LogP contribution in [0.4, 0.5) is 0 Å². The summed E-state index contributed by atoms with van der Waals surface area (Å²) in [6.45, 7) is 1.91. The third-order valence-electron chi connectivity index (χ3n) is 4.90. The number of hydrogen-bond donors (Lipinski definition) is 2. The molecule has 1 heterocycles. The van der Waals surface area contributed by atoms with Gasteiger partial charge in [-0.25, -0.2) is 0 Å². The molecule has 0 bridgehead atoms. The lowest BCUT2D eigenvalue weighted by Gasteiger charge is -2.17. The third-order valence-corrected chi connectivity index (χ3v) is 4.90. The maximum absolute atomic E-state index is 13.0. The number of hydrogen-bond acceptors (Lipinski definition) is 3. The predicted molar refractivity (Wildman–Crippen MR) is 116 cm³/mol. The summed E-state index contributed by atoms with van der Waals surface area (Å²) in [5.41, 5.74) is 3.19. The standard InChI is InChI=1S/C25H22N2O3/c1-17(28)26-16-18-11-13-20(14-12-18)25(29)27-24(19-7-3-2-4-8-19)23-15-21-9-5-6-10-22(21)30-23/h2-15,24H,16H2,1H3,(H,26,28)(H,27,29). The minimum Gasteiger partial charge on any atom is -0.459 e. The van der Waals surface area contributed by atoms with Gasteiger partial charge >= 0.3 is 0 Å². The Kier molecular flexibility index (Phi) is 5.61. The Bertz CT molecular complexity index is 1130. The minimum absolute atomic E-state index is 0.0895. The minimum atomic E-state index is -0.412. The summed E-state index contributed by atoms with van der Waals surface area (Å²) in [6, 6.07) is 26.3. The Labute approximate surface area is 174 Å². The highest BCUT2D eigenvalue weighted by Crippen LogP contribution is 2.28. The van der Waals surface area contributed by atoms with E-state index in [9.17, 15) is 9.59 Å². The van der Waals surface area contributed by atoms with E-state index in [0.717, 1.165) is 22.1 Å². The van der Waals surface area contributed by atoms with Gasteiger partial charge < -0.3 is 15.1 Å². The zero-order valence-corrected chi connectivity index (χ0v) is 16.6. The smallest absolute Gasteiger partial charge is 0.252 e. The average molecular weight is 398 g/mol. The van der Waals surface area contributed by atoms with Crippen molar-refractivity contribution in [3.8, 4) is 0 Å². The molecule has 0 saturated heterocycles. The molecule has 5 heteroatoms. The molecular weight excluding hydrogens is 376 g/mol. The van der Waals surface area contributed by atoms with Crippen LogP contribution < -0.4 is 10.6 Å². The van der Waals surface area contributed by atoms with Crippen LogP contribution in [0, 0.1) is 0 Å². The highest BCUT2D eigenvalue weighted by atomic mass is 16.3. The molecule has 1 unspecified atom stereocenters. The molecule has 0 fully saturated rings. The molecule has 4 aromatic rings. The molecule has 2 amide bonds. The van der Waals surface area contributed by atoms with Gasteiger partial charge in [-0.15, -0.1) is 0 Å². The van der Waals surface area contributed by atoms with Crippen molar-refractivity contribution in [2.75, 3.05) is 0 Å². The van der Waals surface area contributed by atoms with Crippen LogP contribution >= 0.6 is 0 Å². The summed E-state index contributed by atoms with van der Waals surface area (Å²) in [6.07, 6.45) is 0. The highest BCUT2D eigenvalue weighted by Gasteiger charge is 2.21. The Morgan fingerprint density at radius 1 is 0.900 bits per heavy atom. The fraction of sp³-hybridized carbons (Fsp3) is 0.120. The van der Waals surface area contributed by atoms with Crippen molar-refractivity contribution in [2.45, 2.75) is 19.5 Å². The second kappa shape index (κ2) is 8.66. The molecular formula is C25H22N2O3. The van der Waals surface area contributed by atoms with Crippen LogP contribution in [0.1, 0.15) is 40.2 Å². The lowest BCUT2D eigenvalue weighted by atomic mass is 10.0. The monoisotopic (exact) mass is 398 g/mol. The van der Waals surface area contributed by atoms with E-state index in [1.54, 1.807) is 12.1 Å². The fourth-order valence-corrected chi connectivity index (χ4v) is 3.32. The quantitative estimate of drug-likeness (QED) is 0.499. The van der Waals surface area contributed by atoms with Gasteiger partial charge in [0.25, 0.3) is 5.91 Å². The lowest BCUT2D eigenvalue weighted by Crippen LogP contribution is -2.29. The van der Waals surface area contributed by atoms with Gasteiger partial charge in [0.05, 0.1) is 0 Å². The number of fused-ring (bicyclic) bond motifs is 1. The van der Waals surface area contributed by atoms with E-state index in [-0.39, 0.29) is 11.8 Å². The van der Waals surface area contributed by atoms with Gasteiger partial charge in [0.1, 0.15) is 17.4 Å². The van der Waals surface area contributed by atoms with Crippen molar-refractivity contribution < 1.29 is 14.0 Å². The van der Waals surface area contributed by atoms with E-state index in [0.29, 0.717) is 17.9 Å². The van der Waals surface area contributed by atoms with Gasteiger partial charge in [0, 0.05) is 24.4 Å². The number of para-hydroxylation sites is 1. The van der Waals surface area contributed by atoms with E-state index < -0.39 is 6.04 Å². The predicted octanol–water partition coefficient (Wildman–Crippen LogP) is 4.59. The van der Waals surface area contributed by atoms with E-state index in [2.05, 4.69) is 10.6 Å². The average Bonchev–Trinajstić information content (AvgIpc) is 3.20. The van der Waals surface area contributed by atoms with Crippen molar-refractivity contribution in [1.29, 1.82) is 0 Å². The third kappa shape index (κ3) is 4.41. The first-order valence-electron chi connectivity index (χ1n) is 9.78. The second-order valence-corrected chi connectivity index (χ2v) is 7.11. The zero-order valence-electron chi connectivity index (χ0n) is 16.6. The van der Waals surface area contributed by atoms with Crippen molar-refractivity contribution in [3.05, 3.63) is 107 Å². The van der Waals surface area contributed by atoms with Crippen molar-refractivity contribution in [2.24, 2.45) is 0 Å². The van der Waals surface area contributed by atoms with E-state index >= 15 is 0 Å². The van der Waals surface area contributed by atoms with Gasteiger partial charge in [-0.2, -0.15) is 0 Å². The molecule has 0 aliphatic carbocycles. The Hall–Kier alpha value is -3.86. The Balaban J connectivity index is 1.59. The van der Waals surface area contributed by atoms with Crippen LogP contribution in [0.15, 0.2) is 89.3 Å². The lowest BCUT2D eigenvalue weighted by molar-refractivity contribution is -0.119. The molecule has 3 aromatic carbocycles. The first-order chi connectivity index (χ1) is 14.6. The molecule has 0 saturated carbocycles. The number of rotatable bonds is 6. The van der Waals surface area contributed by atoms with Gasteiger partial charge in [-0.3, -0.25) is 9.59 Å². The molecule has 30 heavy (non-hydrogen) atoms.